The van der Waals surface area contributed by atoms with Crippen LogP contribution in [0.2, 0.25) is 0 Å². The van der Waals surface area contributed by atoms with E-state index in [2.05, 4.69) is 0 Å². The molecule has 72 valence electrons. The third-order valence-electron chi connectivity index (χ3n) is 2.16. The summed E-state index contributed by atoms with van der Waals surface area (Å²) in [7, 11) is 0. The number of aromatic nitrogens is 1. The van der Waals surface area contributed by atoms with Crippen molar-refractivity contribution in [1.82, 2.24) is 4.57 Å². The minimum Gasteiger partial charge on any atom is -0.326 e. The van der Waals surface area contributed by atoms with Crippen molar-refractivity contribution in [3.05, 3.63) is 54.1 Å². The molecule has 0 unspecified atom stereocenters. The van der Waals surface area contributed by atoms with Crippen LogP contribution in [0, 0.1) is 5.82 Å². The van der Waals surface area contributed by atoms with E-state index in [1.807, 2.05) is 35.2 Å². The van der Waals surface area contributed by atoms with Crippen LogP contribution in [0.15, 0.2) is 42.7 Å². The van der Waals surface area contributed by atoms with E-state index < -0.39 is 0 Å². The molecule has 0 fully saturated rings. The summed E-state index contributed by atoms with van der Waals surface area (Å²) in [5.41, 5.74) is 6.73. The lowest BCUT2D eigenvalue weighted by molar-refractivity contribution is 0.609. The maximum absolute atomic E-state index is 13.3. The summed E-state index contributed by atoms with van der Waals surface area (Å²) in [5.74, 6) is -0.251. The summed E-state index contributed by atoms with van der Waals surface area (Å²) in [5, 5.41) is 0. The van der Waals surface area contributed by atoms with Gasteiger partial charge < -0.3 is 10.3 Å². The number of nitrogens with zero attached hydrogens (tertiary/aromatic N) is 1. The normalized spacial score (nSPS) is 10.4. The maximum atomic E-state index is 13.3. The van der Waals surface area contributed by atoms with Gasteiger partial charge in [-0.2, -0.15) is 0 Å². The average Bonchev–Trinajstić information content (AvgIpc) is 2.70. The van der Waals surface area contributed by atoms with Gasteiger partial charge in [-0.3, -0.25) is 0 Å². The van der Waals surface area contributed by atoms with Crippen LogP contribution < -0.4 is 5.73 Å². The van der Waals surface area contributed by atoms with Crippen molar-refractivity contribution in [2.24, 2.45) is 5.73 Å². The molecular formula is C11H11FN2. The van der Waals surface area contributed by atoms with Crippen LogP contribution in [0.5, 0.6) is 0 Å². The molecule has 2 aromatic rings. The number of rotatable bonds is 2. The smallest absolute Gasteiger partial charge is 0.129 e. The quantitative estimate of drug-likeness (QED) is 0.772. The molecule has 14 heavy (non-hydrogen) atoms. The molecule has 0 aliphatic heterocycles. The summed E-state index contributed by atoms with van der Waals surface area (Å²) in [6, 6.07) is 8.85. The third kappa shape index (κ3) is 1.54. The van der Waals surface area contributed by atoms with Gasteiger partial charge in [0.2, 0.25) is 0 Å². The van der Waals surface area contributed by atoms with Crippen molar-refractivity contribution in [2.75, 3.05) is 0 Å². The molecule has 2 N–H and O–H groups in total. The SMILES string of the molecule is NCc1ccc(-n2cccc2)cc1F. The Labute approximate surface area is 81.8 Å². The Morgan fingerprint density at radius 2 is 1.93 bits per heavy atom. The lowest BCUT2D eigenvalue weighted by Gasteiger charge is -2.05. The van der Waals surface area contributed by atoms with Gasteiger partial charge in [-0.25, -0.2) is 4.39 Å². The number of nitrogens with two attached hydrogens (primary N) is 1. The lowest BCUT2D eigenvalue weighted by atomic mass is 10.2. The van der Waals surface area contributed by atoms with Crippen LogP contribution in [-0.2, 0) is 6.54 Å². The molecule has 1 aromatic carbocycles. The van der Waals surface area contributed by atoms with Crippen molar-refractivity contribution in [3.63, 3.8) is 0 Å². The predicted octanol–water partition coefficient (Wildman–Crippen LogP) is 2.08. The fourth-order valence-corrected chi connectivity index (χ4v) is 1.37. The molecule has 0 saturated carbocycles. The fourth-order valence-electron chi connectivity index (χ4n) is 1.37. The molecule has 1 aromatic heterocycles. The van der Waals surface area contributed by atoms with Crippen molar-refractivity contribution in [1.29, 1.82) is 0 Å². The van der Waals surface area contributed by atoms with Crippen LogP contribution in [0.1, 0.15) is 5.56 Å². The van der Waals surface area contributed by atoms with E-state index in [4.69, 9.17) is 5.73 Å². The Balaban J connectivity index is 2.43. The molecule has 0 aliphatic carbocycles. The van der Waals surface area contributed by atoms with Gasteiger partial charge in [0.25, 0.3) is 0 Å². The first-order valence-corrected chi connectivity index (χ1v) is 4.43. The average molecular weight is 190 g/mol. The second-order valence-corrected chi connectivity index (χ2v) is 3.07. The highest BCUT2D eigenvalue weighted by atomic mass is 19.1. The topological polar surface area (TPSA) is 30.9 Å². The van der Waals surface area contributed by atoms with Crippen LogP contribution in [0.3, 0.4) is 0 Å². The van der Waals surface area contributed by atoms with Gasteiger partial charge in [0.05, 0.1) is 0 Å². The summed E-state index contributed by atoms with van der Waals surface area (Å²) in [6.07, 6.45) is 3.74. The zero-order valence-corrected chi connectivity index (χ0v) is 7.65. The van der Waals surface area contributed by atoms with Gasteiger partial charge in [0.1, 0.15) is 5.82 Å². The molecule has 3 heteroatoms. The molecule has 2 rings (SSSR count). The Kier molecular flexibility index (Phi) is 2.33. The molecule has 0 bridgehead atoms. The Morgan fingerprint density at radius 3 is 2.50 bits per heavy atom. The molecule has 2 nitrogen and oxygen atoms in total. The summed E-state index contributed by atoms with van der Waals surface area (Å²) < 4.78 is 15.2. The largest absolute Gasteiger partial charge is 0.326 e. The van der Waals surface area contributed by atoms with Crippen LogP contribution in [0.4, 0.5) is 4.39 Å². The van der Waals surface area contributed by atoms with Crippen LogP contribution in [0.25, 0.3) is 5.69 Å². The van der Waals surface area contributed by atoms with Crippen molar-refractivity contribution in [2.45, 2.75) is 6.54 Å². The molecule has 1 heterocycles. The van der Waals surface area contributed by atoms with Gasteiger partial charge >= 0.3 is 0 Å². The van der Waals surface area contributed by atoms with Crippen LogP contribution in [-0.4, -0.2) is 4.57 Å². The third-order valence-corrected chi connectivity index (χ3v) is 2.16. The van der Waals surface area contributed by atoms with E-state index in [9.17, 15) is 4.39 Å². The summed E-state index contributed by atoms with van der Waals surface area (Å²) in [4.78, 5) is 0. The van der Waals surface area contributed by atoms with Gasteiger partial charge in [0, 0.05) is 30.2 Å². The zero-order valence-electron chi connectivity index (χ0n) is 7.65. The molecule has 0 spiro atoms. The standard InChI is InChI=1S/C11H11FN2/c12-11-7-10(4-3-9(11)8-13)14-5-1-2-6-14/h1-7H,8,13H2. The Morgan fingerprint density at radius 1 is 1.21 bits per heavy atom. The molecule has 0 aliphatic rings. The monoisotopic (exact) mass is 190 g/mol. The van der Waals surface area contributed by atoms with E-state index >= 15 is 0 Å². The highest BCUT2D eigenvalue weighted by Gasteiger charge is 2.02. The van der Waals surface area contributed by atoms with E-state index in [0.717, 1.165) is 5.69 Å². The molecule has 0 amide bonds. The van der Waals surface area contributed by atoms with E-state index in [-0.39, 0.29) is 12.4 Å². The van der Waals surface area contributed by atoms with Crippen molar-refractivity contribution >= 4 is 0 Å². The van der Waals surface area contributed by atoms with E-state index in [1.54, 1.807) is 6.07 Å². The number of benzene rings is 1. The second-order valence-electron chi connectivity index (χ2n) is 3.07. The first-order valence-electron chi connectivity index (χ1n) is 4.43. The van der Waals surface area contributed by atoms with Crippen molar-refractivity contribution in [3.8, 4) is 5.69 Å². The minimum absolute atomic E-state index is 0.234. The second kappa shape index (κ2) is 3.64. The molecular weight excluding hydrogens is 179 g/mol. The highest BCUT2D eigenvalue weighted by molar-refractivity contribution is 5.36. The minimum atomic E-state index is -0.251. The van der Waals surface area contributed by atoms with Gasteiger partial charge in [0.15, 0.2) is 0 Å². The first kappa shape index (κ1) is 8.97. The summed E-state index contributed by atoms with van der Waals surface area (Å²) in [6.45, 7) is 0.234. The maximum Gasteiger partial charge on any atom is 0.129 e. The molecule has 0 saturated heterocycles. The van der Waals surface area contributed by atoms with E-state index in [0.29, 0.717) is 5.56 Å². The number of hydrogen-bond donors (Lipinski definition) is 1. The first-order chi connectivity index (χ1) is 6.81. The van der Waals surface area contributed by atoms with Crippen molar-refractivity contribution < 1.29 is 4.39 Å². The molecule has 0 atom stereocenters. The number of hydrogen-bond acceptors (Lipinski definition) is 1. The predicted molar refractivity (Wildman–Crippen MR) is 53.6 cm³/mol. The van der Waals surface area contributed by atoms with Gasteiger partial charge in [-0.05, 0) is 24.3 Å². The fraction of sp³-hybridized carbons (Fsp3) is 0.0909. The Hall–Kier alpha value is -1.61. The highest BCUT2D eigenvalue weighted by Crippen LogP contribution is 2.13. The van der Waals surface area contributed by atoms with Gasteiger partial charge in [-0.1, -0.05) is 6.07 Å². The zero-order chi connectivity index (χ0) is 9.97. The van der Waals surface area contributed by atoms with E-state index in [1.165, 1.54) is 6.07 Å². The lowest BCUT2D eigenvalue weighted by Crippen LogP contribution is -2.01. The molecule has 0 radical (unpaired) electrons. The number of halogens is 1. The van der Waals surface area contributed by atoms with Crippen LogP contribution >= 0.6 is 0 Å². The summed E-state index contributed by atoms with van der Waals surface area (Å²) >= 11 is 0. The van der Waals surface area contributed by atoms with Gasteiger partial charge in [-0.15, -0.1) is 0 Å². The Bertz CT molecular complexity index is 421.